The van der Waals surface area contributed by atoms with Gasteiger partial charge in [-0.2, -0.15) is 5.26 Å². The number of rotatable bonds is 4. The summed E-state index contributed by atoms with van der Waals surface area (Å²) in [7, 11) is 0. The number of halogens is 1. The SMILES string of the molecule is Cc1csc(Sc2cc(C(=O)Nc3cccc(C#N)c3)c(N)cc2F)n1. The third-order valence-corrected chi connectivity index (χ3v) is 5.48. The number of carbonyl (C=O) groups is 1. The van der Waals surface area contributed by atoms with Gasteiger partial charge in [-0.25, -0.2) is 9.37 Å². The van der Waals surface area contributed by atoms with E-state index in [0.717, 1.165) is 23.5 Å². The summed E-state index contributed by atoms with van der Waals surface area (Å²) in [5.41, 5.74) is 7.75. The standard InChI is InChI=1S/C18H13FN4OS2/c1-10-9-25-18(22-10)26-16-6-13(15(21)7-14(16)19)17(24)23-12-4-2-3-11(5-12)8-20/h2-7,9H,21H2,1H3,(H,23,24). The Labute approximate surface area is 157 Å². The Bertz CT molecular complexity index is 1030. The lowest BCUT2D eigenvalue weighted by molar-refractivity contribution is 0.102. The summed E-state index contributed by atoms with van der Waals surface area (Å²) in [4.78, 5) is 17.1. The third kappa shape index (κ3) is 4.02. The molecule has 8 heteroatoms. The smallest absolute Gasteiger partial charge is 0.257 e. The van der Waals surface area contributed by atoms with Crippen molar-refractivity contribution in [3.05, 3.63) is 64.4 Å². The Kier molecular flexibility index (Phi) is 5.21. The van der Waals surface area contributed by atoms with Gasteiger partial charge in [-0.15, -0.1) is 11.3 Å². The molecular weight excluding hydrogens is 371 g/mol. The van der Waals surface area contributed by atoms with Gasteiger partial charge in [0.25, 0.3) is 5.91 Å². The molecule has 3 rings (SSSR count). The molecule has 0 saturated heterocycles. The maximum Gasteiger partial charge on any atom is 0.257 e. The van der Waals surface area contributed by atoms with Crippen LogP contribution in [0, 0.1) is 24.1 Å². The molecule has 0 aliphatic carbocycles. The molecule has 26 heavy (non-hydrogen) atoms. The molecule has 0 atom stereocenters. The average molecular weight is 384 g/mol. The monoisotopic (exact) mass is 384 g/mol. The second-order valence-electron chi connectivity index (χ2n) is 5.37. The largest absolute Gasteiger partial charge is 0.398 e. The summed E-state index contributed by atoms with van der Waals surface area (Å²) < 4.78 is 14.9. The van der Waals surface area contributed by atoms with E-state index in [2.05, 4.69) is 10.3 Å². The van der Waals surface area contributed by atoms with Crippen LogP contribution >= 0.6 is 23.1 Å². The van der Waals surface area contributed by atoms with E-state index in [1.807, 2.05) is 18.4 Å². The van der Waals surface area contributed by atoms with Crippen molar-refractivity contribution in [1.82, 2.24) is 4.98 Å². The van der Waals surface area contributed by atoms with Crippen molar-refractivity contribution in [1.29, 1.82) is 5.26 Å². The molecule has 0 spiro atoms. The van der Waals surface area contributed by atoms with Gasteiger partial charge in [-0.1, -0.05) is 17.8 Å². The van der Waals surface area contributed by atoms with Crippen LogP contribution < -0.4 is 11.1 Å². The zero-order chi connectivity index (χ0) is 18.7. The van der Waals surface area contributed by atoms with E-state index in [1.165, 1.54) is 17.4 Å². The van der Waals surface area contributed by atoms with Crippen LogP contribution in [0.25, 0.3) is 0 Å². The summed E-state index contributed by atoms with van der Waals surface area (Å²) in [6.07, 6.45) is 0. The molecule has 3 aromatic rings. The number of hydrogen-bond acceptors (Lipinski definition) is 6. The number of nitrogens with two attached hydrogens (primary N) is 1. The molecule has 5 nitrogen and oxygen atoms in total. The fraction of sp³-hybridized carbons (Fsp3) is 0.0556. The predicted octanol–water partition coefficient (Wildman–Crippen LogP) is 4.45. The summed E-state index contributed by atoms with van der Waals surface area (Å²) in [6, 6.07) is 11.0. The number of benzene rings is 2. The third-order valence-electron chi connectivity index (χ3n) is 3.39. The topological polar surface area (TPSA) is 91.8 Å². The Balaban J connectivity index is 1.87. The maximum absolute atomic E-state index is 14.2. The van der Waals surface area contributed by atoms with Gasteiger partial charge < -0.3 is 11.1 Å². The van der Waals surface area contributed by atoms with Crippen molar-refractivity contribution in [2.75, 3.05) is 11.1 Å². The molecule has 0 fully saturated rings. The number of aromatic nitrogens is 1. The van der Waals surface area contributed by atoms with Crippen LogP contribution in [0.5, 0.6) is 0 Å². The molecule has 0 unspecified atom stereocenters. The lowest BCUT2D eigenvalue weighted by Crippen LogP contribution is -2.14. The van der Waals surface area contributed by atoms with Gasteiger partial charge in [-0.05, 0) is 37.3 Å². The Hall–Kier alpha value is -2.89. The molecule has 3 N–H and O–H groups in total. The van der Waals surface area contributed by atoms with Crippen LogP contribution in [0.4, 0.5) is 15.8 Å². The van der Waals surface area contributed by atoms with Crippen molar-refractivity contribution in [2.24, 2.45) is 0 Å². The van der Waals surface area contributed by atoms with E-state index in [1.54, 1.807) is 24.3 Å². The maximum atomic E-state index is 14.2. The second kappa shape index (κ2) is 7.56. The van der Waals surface area contributed by atoms with Crippen LogP contribution in [0.3, 0.4) is 0 Å². The number of nitrogens with one attached hydrogen (secondary N) is 1. The summed E-state index contributed by atoms with van der Waals surface area (Å²) in [6.45, 7) is 1.86. The number of nitrogens with zero attached hydrogens (tertiary/aromatic N) is 2. The van der Waals surface area contributed by atoms with Gasteiger partial charge in [0, 0.05) is 22.4 Å². The van der Waals surface area contributed by atoms with Crippen LogP contribution in [0.2, 0.25) is 0 Å². The zero-order valence-corrected chi connectivity index (χ0v) is 15.2. The molecule has 1 heterocycles. The van der Waals surface area contributed by atoms with E-state index in [-0.39, 0.29) is 16.1 Å². The molecule has 1 amide bonds. The first-order chi connectivity index (χ1) is 12.5. The fourth-order valence-electron chi connectivity index (χ4n) is 2.18. The number of nitriles is 1. The molecule has 1 aromatic heterocycles. The number of hydrogen-bond donors (Lipinski definition) is 2. The van der Waals surface area contributed by atoms with E-state index in [9.17, 15) is 9.18 Å². The number of thiazole rings is 1. The van der Waals surface area contributed by atoms with Gasteiger partial charge >= 0.3 is 0 Å². The second-order valence-corrected chi connectivity index (χ2v) is 7.52. The highest BCUT2D eigenvalue weighted by molar-refractivity contribution is 8.01. The van der Waals surface area contributed by atoms with Crippen molar-refractivity contribution >= 4 is 40.4 Å². The molecule has 0 aliphatic rings. The van der Waals surface area contributed by atoms with Crippen LogP contribution in [0.15, 0.2) is 51.0 Å². The van der Waals surface area contributed by atoms with E-state index < -0.39 is 11.7 Å². The highest BCUT2D eigenvalue weighted by atomic mass is 32.2. The Morgan fingerprint density at radius 2 is 2.19 bits per heavy atom. The number of aryl methyl sites for hydroxylation is 1. The first-order valence-electron chi connectivity index (χ1n) is 7.47. The van der Waals surface area contributed by atoms with Crippen molar-refractivity contribution in [3.8, 4) is 6.07 Å². The molecule has 2 aromatic carbocycles. The summed E-state index contributed by atoms with van der Waals surface area (Å²) in [5.74, 6) is -0.988. The molecule has 0 bridgehead atoms. The van der Waals surface area contributed by atoms with Crippen LogP contribution in [-0.2, 0) is 0 Å². The van der Waals surface area contributed by atoms with E-state index in [0.29, 0.717) is 15.6 Å². The first kappa shape index (κ1) is 17.9. The highest BCUT2D eigenvalue weighted by Gasteiger charge is 2.16. The van der Waals surface area contributed by atoms with E-state index >= 15 is 0 Å². The van der Waals surface area contributed by atoms with Crippen LogP contribution in [0.1, 0.15) is 21.6 Å². The Morgan fingerprint density at radius 1 is 1.38 bits per heavy atom. The van der Waals surface area contributed by atoms with Crippen molar-refractivity contribution < 1.29 is 9.18 Å². The Morgan fingerprint density at radius 3 is 2.88 bits per heavy atom. The van der Waals surface area contributed by atoms with Crippen molar-refractivity contribution in [3.63, 3.8) is 0 Å². The normalized spacial score (nSPS) is 10.3. The average Bonchev–Trinajstić information content (AvgIpc) is 3.02. The highest BCUT2D eigenvalue weighted by Crippen LogP contribution is 2.34. The molecule has 0 aliphatic heterocycles. The number of carbonyl (C=O) groups excluding carboxylic acids is 1. The van der Waals surface area contributed by atoms with Gasteiger partial charge in [0.2, 0.25) is 0 Å². The zero-order valence-electron chi connectivity index (χ0n) is 13.6. The minimum atomic E-state index is -0.511. The lowest BCUT2D eigenvalue weighted by atomic mass is 10.1. The number of anilines is 2. The van der Waals surface area contributed by atoms with Gasteiger partial charge in [0.15, 0.2) is 4.34 Å². The predicted molar refractivity (Wildman–Crippen MR) is 101 cm³/mol. The molecule has 130 valence electrons. The lowest BCUT2D eigenvalue weighted by Gasteiger charge is -2.10. The first-order valence-corrected chi connectivity index (χ1v) is 9.16. The fourth-order valence-corrected chi connectivity index (χ4v) is 4.02. The molecule has 0 radical (unpaired) electrons. The van der Waals surface area contributed by atoms with Gasteiger partial charge in [0.05, 0.1) is 22.1 Å². The quantitative estimate of drug-likeness (QED) is 0.649. The summed E-state index contributed by atoms with van der Waals surface area (Å²) in [5, 5.41) is 13.5. The van der Waals surface area contributed by atoms with Crippen LogP contribution in [-0.4, -0.2) is 10.9 Å². The van der Waals surface area contributed by atoms with Crippen molar-refractivity contribution in [2.45, 2.75) is 16.2 Å². The van der Waals surface area contributed by atoms with Gasteiger partial charge in [0.1, 0.15) is 5.82 Å². The van der Waals surface area contributed by atoms with Gasteiger partial charge in [-0.3, -0.25) is 4.79 Å². The number of amides is 1. The van der Waals surface area contributed by atoms with E-state index in [4.69, 9.17) is 11.0 Å². The molecule has 0 saturated carbocycles. The molecular formula is C18H13FN4OS2. The minimum Gasteiger partial charge on any atom is -0.398 e. The number of nitrogen functional groups attached to an aromatic ring is 1. The minimum absolute atomic E-state index is 0.0381. The summed E-state index contributed by atoms with van der Waals surface area (Å²) >= 11 is 2.54.